The summed E-state index contributed by atoms with van der Waals surface area (Å²) >= 11 is 0. The SMILES string of the molecule is CN=C(NCCCCOC1CCCCCC1)N1CCC(OCC2CCCO2)CC1.I. The molecule has 0 aromatic rings. The van der Waals surface area contributed by atoms with Gasteiger partial charge in [0.15, 0.2) is 5.96 Å². The number of rotatable bonds is 9. The Morgan fingerprint density at radius 2 is 1.67 bits per heavy atom. The van der Waals surface area contributed by atoms with E-state index in [0.717, 1.165) is 77.5 Å². The van der Waals surface area contributed by atoms with Crippen molar-refractivity contribution >= 4 is 29.9 Å². The summed E-state index contributed by atoms with van der Waals surface area (Å²) < 4.78 is 17.8. The molecule has 0 bridgehead atoms. The highest BCUT2D eigenvalue weighted by molar-refractivity contribution is 14.0. The molecule has 7 heteroatoms. The van der Waals surface area contributed by atoms with Crippen LogP contribution in [0.25, 0.3) is 0 Å². The second-order valence-electron chi connectivity index (χ2n) is 8.82. The molecule has 0 aromatic carbocycles. The van der Waals surface area contributed by atoms with Gasteiger partial charge in [0.05, 0.1) is 24.9 Å². The first-order valence-electron chi connectivity index (χ1n) is 12.2. The van der Waals surface area contributed by atoms with Crippen LogP contribution < -0.4 is 5.32 Å². The van der Waals surface area contributed by atoms with Gasteiger partial charge in [-0.05, 0) is 51.4 Å². The lowest BCUT2D eigenvalue weighted by Gasteiger charge is -2.34. The maximum absolute atomic E-state index is 6.09. The van der Waals surface area contributed by atoms with Crippen LogP contribution in [0.15, 0.2) is 4.99 Å². The molecule has 2 saturated heterocycles. The average Bonchev–Trinajstić information content (AvgIpc) is 3.15. The predicted octanol–water partition coefficient (Wildman–Crippen LogP) is 4.36. The summed E-state index contributed by atoms with van der Waals surface area (Å²) in [7, 11) is 1.89. The van der Waals surface area contributed by atoms with Crippen LogP contribution in [0, 0.1) is 0 Å². The maximum Gasteiger partial charge on any atom is 0.193 e. The monoisotopic (exact) mass is 537 g/mol. The van der Waals surface area contributed by atoms with Gasteiger partial charge in [-0.3, -0.25) is 4.99 Å². The van der Waals surface area contributed by atoms with Crippen molar-refractivity contribution in [2.24, 2.45) is 4.99 Å². The number of hydrogen-bond acceptors (Lipinski definition) is 4. The van der Waals surface area contributed by atoms with Crippen LogP contribution in [0.2, 0.25) is 0 Å². The van der Waals surface area contributed by atoms with E-state index in [4.69, 9.17) is 14.2 Å². The summed E-state index contributed by atoms with van der Waals surface area (Å²) in [5.74, 6) is 1.03. The third-order valence-corrected chi connectivity index (χ3v) is 6.51. The molecule has 1 aliphatic carbocycles. The van der Waals surface area contributed by atoms with Gasteiger partial charge in [-0.2, -0.15) is 0 Å². The van der Waals surface area contributed by atoms with Crippen LogP contribution in [0.3, 0.4) is 0 Å². The largest absolute Gasteiger partial charge is 0.378 e. The summed E-state index contributed by atoms with van der Waals surface area (Å²) in [4.78, 5) is 6.86. The van der Waals surface area contributed by atoms with Crippen LogP contribution >= 0.6 is 24.0 Å². The number of likely N-dealkylation sites (tertiary alicyclic amines) is 1. The molecule has 1 atom stereocenters. The highest BCUT2D eigenvalue weighted by Crippen LogP contribution is 2.20. The lowest BCUT2D eigenvalue weighted by Crippen LogP contribution is -2.47. The smallest absolute Gasteiger partial charge is 0.193 e. The van der Waals surface area contributed by atoms with Crippen molar-refractivity contribution in [2.45, 2.75) is 95.4 Å². The Morgan fingerprint density at radius 3 is 2.33 bits per heavy atom. The Morgan fingerprint density at radius 1 is 0.933 bits per heavy atom. The minimum atomic E-state index is 0. The zero-order valence-electron chi connectivity index (χ0n) is 19.0. The number of ether oxygens (including phenoxy) is 3. The van der Waals surface area contributed by atoms with Crippen LogP contribution in [0.5, 0.6) is 0 Å². The Kier molecular flexibility index (Phi) is 13.6. The van der Waals surface area contributed by atoms with Gasteiger partial charge in [-0.25, -0.2) is 0 Å². The molecule has 3 aliphatic rings. The van der Waals surface area contributed by atoms with Crippen molar-refractivity contribution in [1.29, 1.82) is 0 Å². The summed E-state index contributed by atoms with van der Waals surface area (Å²) in [5, 5.41) is 3.54. The molecular weight excluding hydrogens is 493 g/mol. The number of halogens is 1. The van der Waals surface area contributed by atoms with E-state index < -0.39 is 0 Å². The predicted molar refractivity (Wildman–Crippen MR) is 133 cm³/mol. The van der Waals surface area contributed by atoms with Gasteiger partial charge < -0.3 is 24.4 Å². The number of guanidine groups is 1. The molecule has 30 heavy (non-hydrogen) atoms. The van der Waals surface area contributed by atoms with E-state index in [9.17, 15) is 0 Å². The van der Waals surface area contributed by atoms with E-state index in [2.05, 4.69) is 15.2 Å². The Hall–Kier alpha value is -0.120. The zero-order valence-corrected chi connectivity index (χ0v) is 21.3. The fraction of sp³-hybridized carbons (Fsp3) is 0.957. The van der Waals surface area contributed by atoms with E-state index in [1.165, 1.54) is 44.9 Å². The molecule has 176 valence electrons. The van der Waals surface area contributed by atoms with Gasteiger partial charge in [0, 0.05) is 39.9 Å². The zero-order chi connectivity index (χ0) is 20.2. The molecular formula is C23H44IN3O3. The maximum atomic E-state index is 6.09. The first-order valence-corrected chi connectivity index (χ1v) is 12.2. The fourth-order valence-electron chi connectivity index (χ4n) is 4.67. The van der Waals surface area contributed by atoms with Crippen LogP contribution in [-0.2, 0) is 14.2 Å². The molecule has 0 amide bonds. The Labute approximate surface area is 200 Å². The number of unbranched alkanes of at least 4 members (excludes halogenated alkanes) is 1. The summed E-state index contributed by atoms with van der Waals surface area (Å²) in [6.45, 7) is 5.57. The normalized spacial score (nSPS) is 24.5. The molecule has 6 nitrogen and oxygen atoms in total. The molecule has 3 rings (SSSR count). The third kappa shape index (κ3) is 9.57. The molecule has 0 aromatic heterocycles. The second-order valence-corrected chi connectivity index (χ2v) is 8.82. The number of aliphatic imine (C=N–C) groups is 1. The van der Waals surface area contributed by atoms with Crippen LogP contribution in [-0.4, -0.2) is 75.7 Å². The fourth-order valence-corrected chi connectivity index (χ4v) is 4.67. The summed E-state index contributed by atoms with van der Waals surface area (Å²) in [5.41, 5.74) is 0. The van der Waals surface area contributed by atoms with Gasteiger partial charge in [0.25, 0.3) is 0 Å². The highest BCUT2D eigenvalue weighted by Gasteiger charge is 2.24. The third-order valence-electron chi connectivity index (χ3n) is 6.51. The first kappa shape index (κ1) is 26.1. The van der Waals surface area contributed by atoms with Crippen molar-refractivity contribution in [3.8, 4) is 0 Å². The van der Waals surface area contributed by atoms with Gasteiger partial charge in [0.1, 0.15) is 0 Å². The topological polar surface area (TPSA) is 55.3 Å². The first-order chi connectivity index (χ1) is 14.3. The second kappa shape index (κ2) is 15.6. The van der Waals surface area contributed by atoms with Gasteiger partial charge >= 0.3 is 0 Å². The number of nitrogens with one attached hydrogen (secondary N) is 1. The van der Waals surface area contributed by atoms with Crippen molar-refractivity contribution in [2.75, 3.05) is 46.5 Å². The minimum Gasteiger partial charge on any atom is -0.378 e. The van der Waals surface area contributed by atoms with Crippen molar-refractivity contribution in [1.82, 2.24) is 10.2 Å². The van der Waals surface area contributed by atoms with E-state index >= 15 is 0 Å². The van der Waals surface area contributed by atoms with Crippen molar-refractivity contribution in [3.05, 3.63) is 0 Å². The molecule has 1 unspecified atom stereocenters. The van der Waals surface area contributed by atoms with E-state index in [1.807, 2.05) is 7.05 Å². The van der Waals surface area contributed by atoms with Crippen LogP contribution in [0.4, 0.5) is 0 Å². The average molecular weight is 538 g/mol. The Bertz CT molecular complexity index is 459. The van der Waals surface area contributed by atoms with Crippen LogP contribution in [0.1, 0.15) is 77.0 Å². The van der Waals surface area contributed by atoms with Gasteiger partial charge in [-0.15, -0.1) is 24.0 Å². The summed E-state index contributed by atoms with van der Waals surface area (Å²) in [6, 6.07) is 0. The van der Waals surface area contributed by atoms with Crippen molar-refractivity contribution < 1.29 is 14.2 Å². The molecule has 0 radical (unpaired) electrons. The molecule has 0 spiro atoms. The van der Waals surface area contributed by atoms with Gasteiger partial charge in [0.2, 0.25) is 0 Å². The number of piperidine rings is 1. The minimum absolute atomic E-state index is 0. The lowest BCUT2D eigenvalue weighted by atomic mass is 10.1. The number of nitrogens with zero attached hydrogens (tertiary/aromatic N) is 2. The molecule has 2 heterocycles. The number of hydrogen-bond donors (Lipinski definition) is 1. The van der Waals surface area contributed by atoms with E-state index in [1.54, 1.807) is 0 Å². The molecule has 2 aliphatic heterocycles. The van der Waals surface area contributed by atoms with E-state index in [-0.39, 0.29) is 24.0 Å². The molecule has 1 saturated carbocycles. The lowest BCUT2D eigenvalue weighted by molar-refractivity contribution is -0.0367. The Balaban J connectivity index is 0.00000320. The molecule has 1 N–H and O–H groups in total. The standard InChI is InChI=1S/C23H43N3O3.HI/c1-24-23(25-14-6-7-17-27-20-9-4-2-3-5-10-20)26-15-12-21(13-16-26)29-19-22-11-8-18-28-22;/h20-22H,2-19H2,1H3,(H,24,25);1H. The van der Waals surface area contributed by atoms with Crippen molar-refractivity contribution in [3.63, 3.8) is 0 Å². The van der Waals surface area contributed by atoms with E-state index in [0.29, 0.717) is 18.3 Å². The highest BCUT2D eigenvalue weighted by atomic mass is 127. The summed E-state index contributed by atoms with van der Waals surface area (Å²) in [6.07, 6.45) is 15.9. The quantitative estimate of drug-likeness (QED) is 0.156. The van der Waals surface area contributed by atoms with Gasteiger partial charge in [-0.1, -0.05) is 25.7 Å². The molecule has 3 fully saturated rings.